The summed E-state index contributed by atoms with van der Waals surface area (Å²) in [6, 6.07) is 19.3. The van der Waals surface area contributed by atoms with E-state index >= 15 is 0 Å². The molecule has 0 heterocycles. The van der Waals surface area contributed by atoms with Gasteiger partial charge in [0.05, 0.1) is 0 Å². The van der Waals surface area contributed by atoms with Crippen LogP contribution in [0.15, 0.2) is 70.5 Å². The highest BCUT2D eigenvalue weighted by Gasteiger charge is 2.16. The summed E-state index contributed by atoms with van der Waals surface area (Å²) in [6.45, 7) is 3.96. The van der Waals surface area contributed by atoms with Crippen molar-refractivity contribution in [1.29, 1.82) is 0 Å². The molecule has 0 aliphatic carbocycles. The van der Waals surface area contributed by atoms with Crippen LogP contribution in [-0.4, -0.2) is 14.5 Å². The lowest BCUT2D eigenvalue weighted by Gasteiger charge is -2.16. The predicted octanol–water partition coefficient (Wildman–Crippen LogP) is 4.05. The Bertz CT molecular complexity index is 629. The van der Waals surface area contributed by atoms with Gasteiger partial charge < -0.3 is 4.55 Å². The van der Waals surface area contributed by atoms with Gasteiger partial charge in [-0.15, -0.1) is 0 Å². The maximum absolute atomic E-state index is 12.9. The Labute approximate surface area is 123 Å². The van der Waals surface area contributed by atoms with Gasteiger partial charge in [-0.2, -0.15) is 0 Å². The molecule has 0 radical (unpaired) electrons. The first kappa shape index (κ1) is 15.3. The molecule has 2 aromatic rings. The molecule has 0 saturated heterocycles. The highest BCUT2D eigenvalue weighted by atomic mass is 32.9. The molecule has 0 aliphatic rings. The third kappa shape index (κ3) is 3.72. The van der Waals surface area contributed by atoms with Crippen molar-refractivity contribution in [1.82, 2.24) is 0 Å². The second kappa shape index (κ2) is 6.57. The second-order valence-electron chi connectivity index (χ2n) is 5.04. The van der Waals surface area contributed by atoms with Crippen molar-refractivity contribution in [2.45, 2.75) is 23.6 Å². The largest absolute Gasteiger partial charge is 0.309 e. The van der Waals surface area contributed by atoms with Gasteiger partial charge in [-0.3, -0.25) is 0 Å². The zero-order valence-electron chi connectivity index (χ0n) is 11.7. The maximum atomic E-state index is 12.9. The van der Waals surface area contributed by atoms with E-state index in [9.17, 15) is 8.76 Å². The van der Waals surface area contributed by atoms with E-state index in [-0.39, 0.29) is 5.92 Å². The van der Waals surface area contributed by atoms with Crippen LogP contribution in [0.4, 0.5) is 0 Å². The lowest BCUT2D eigenvalue weighted by molar-refractivity contribution is 0.548. The summed E-state index contributed by atoms with van der Waals surface area (Å²) in [5.41, 5.74) is 0. The van der Waals surface area contributed by atoms with E-state index in [1.165, 1.54) is 0 Å². The Balaban J connectivity index is 2.69. The van der Waals surface area contributed by atoms with Gasteiger partial charge >= 0.3 is 0 Å². The average molecular weight is 308 g/mol. The van der Waals surface area contributed by atoms with E-state index in [0.717, 1.165) is 9.79 Å². The van der Waals surface area contributed by atoms with Crippen LogP contribution in [-0.2, 0) is 18.2 Å². The van der Waals surface area contributed by atoms with Crippen molar-refractivity contribution in [3.8, 4) is 0 Å². The Kier molecular flexibility index (Phi) is 5.02. The summed E-state index contributed by atoms with van der Waals surface area (Å²) in [4.78, 5) is 1.85. The Morgan fingerprint density at radius 1 is 0.950 bits per heavy atom. The number of hydrogen-bond donors (Lipinski definition) is 1. The van der Waals surface area contributed by atoms with Gasteiger partial charge in [0, 0.05) is 15.5 Å². The molecule has 2 rings (SSSR count). The number of rotatable bonds is 4. The molecular weight excluding hydrogens is 288 g/mol. The van der Waals surface area contributed by atoms with Gasteiger partial charge in [0.25, 0.3) is 0 Å². The molecule has 0 saturated carbocycles. The molecule has 0 bridgehead atoms. The fraction of sp³-hybridized carbons (Fsp3) is 0.250. The van der Waals surface area contributed by atoms with Gasteiger partial charge in [-0.1, -0.05) is 50.2 Å². The van der Waals surface area contributed by atoms with Crippen LogP contribution in [0.25, 0.3) is 0 Å². The number of benzene rings is 2. The van der Waals surface area contributed by atoms with Crippen LogP contribution in [0.1, 0.15) is 13.8 Å². The monoisotopic (exact) mass is 308 g/mol. The topological polar surface area (TPSA) is 37.3 Å². The summed E-state index contributed by atoms with van der Waals surface area (Å²) in [5, 5.41) is 0. The van der Waals surface area contributed by atoms with Crippen molar-refractivity contribution in [2.75, 3.05) is 5.75 Å². The molecule has 1 unspecified atom stereocenters. The predicted molar refractivity (Wildman–Crippen MR) is 87.3 cm³/mol. The highest BCUT2D eigenvalue weighted by Crippen LogP contribution is 2.22. The molecule has 0 spiro atoms. The molecular formula is C16H20O2S2. The van der Waals surface area contributed by atoms with Crippen molar-refractivity contribution < 1.29 is 8.76 Å². The van der Waals surface area contributed by atoms with Gasteiger partial charge in [0.2, 0.25) is 0 Å². The van der Waals surface area contributed by atoms with Crippen LogP contribution >= 0.6 is 0 Å². The minimum absolute atomic E-state index is 0.190. The summed E-state index contributed by atoms with van der Waals surface area (Å²) in [7, 11) is -3.75. The summed E-state index contributed by atoms with van der Waals surface area (Å²) in [6.07, 6.45) is 0. The lowest BCUT2D eigenvalue weighted by atomic mass is 10.3. The fourth-order valence-corrected chi connectivity index (χ4v) is 8.37. The quantitative estimate of drug-likeness (QED) is 0.925. The van der Waals surface area contributed by atoms with Crippen molar-refractivity contribution in [3.63, 3.8) is 0 Å². The minimum atomic E-state index is -2.95. The molecule has 20 heavy (non-hydrogen) atoms. The smallest absolute Gasteiger partial charge is 0.112 e. The molecule has 2 aromatic carbocycles. The maximum Gasteiger partial charge on any atom is 0.112 e. The normalized spacial score (nSPS) is 14.4. The second-order valence-corrected chi connectivity index (χ2v) is 10.6. The number of hydrogen-bond acceptors (Lipinski definition) is 1. The first-order chi connectivity index (χ1) is 9.50. The van der Waals surface area contributed by atoms with Gasteiger partial charge in [-0.05, 0) is 39.6 Å². The third-order valence-corrected chi connectivity index (χ3v) is 8.85. The van der Waals surface area contributed by atoms with Crippen LogP contribution in [0.2, 0.25) is 0 Å². The fourth-order valence-electron chi connectivity index (χ4n) is 2.01. The zero-order chi connectivity index (χ0) is 14.6. The molecule has 0 aromatic heterocycles. The Morgan fingerprint density at radius 3 is 1.70 bits per heavy atom. The van der Waals surface area contributed by atoms with Crippen molar-refractivity contribution >= 4 is 18.2 Å². The third-order valence-electron chi connectivity index (χ3n) is 2.72. The van der Waals surface area contributed by atoms with E-state index in [1.807, 2.05) is 74.5 Å². The van der Waals surface area contributed by atoms with Crippen LogP contribution in [0, 0.1) is 5.92 Å². The molecule has 0 aliphatic heterocycles. The SMILES string of the molecule is CC(C)CS(=O)(O)=S(c1ccccc1)c1ccccc1. The van der Waals surface area contributed by atoms with Crippen LogP contribution in [0.5, 0.6) is 0 Å². The van der Waals surface area contributed by atoms with E-state index in [2.05, 4.69) is 0 Å². The molecule has 4 heteroatoms. The van der Waals surface area contributed by atoms with Gasteiger partial charge in [0.15, 0.2) is 0 Å². The average Bonchev–Trinajstić information content (AvgIpc) is 2.39. The van der Waals surface area contributed by atoms with Crippen molar-refractivity contribution in [2.24, 2.45) is 5.92 Å². The molecule has 1 N–H and O–H groups in total. The van der Waals surface area contributed by atoms with Gasteiger partial charge in [0.1, 0.15) is 8.77 Å². The molecule has 0 fully saturated rings. The van der Waals surface area contributed by atoms with Crippen molar-refractivity contribution in [3.05, 3.63) is 60.7 Å². The first-order valence-electron chi connectivity index (χ1n) is 6.60. The summed E-state index contributed by atoms with van der Waals surface area (Å²) >= 11 is 0. The standard InChI is InChI=1S/C16H20O2S2/c1-14(2)13-20(17,18)19(15-9-5-3-6-10-15)16-11-7-4-8-12-16/h3-12,14H,13H2,1-2H3,(H,17,18). The van der Waals surface area contributed by atoms with Gasteiger partial charge in [-0.25, -0.2) is 4.21 Å². The van der Waals surface area contributed by atoms with E-state index < -0.39 is 18.2 Å². The molecule has 0 amide bonds. The molecule has 108 valence electrons. The molecule has 1 atom stereocenters. The van der Waals surface area contributed by atoms with E-state index in [4.69, 9.17) is 0 Å². The summed E-state index contributed by atoms with van der Waals surface area (Å²) in [5.74, 6) is 0.509. The zero-order valence-corrected chi connectivity index (χ0v) is 13.4. The van der Waals surface area contributed by atoms with E-state index in [0.29, 0.717) is 5.75 Å². The van der Waals surface area contributed by atoms with Crippen LogP contribution < -0.4 is 0 Å². The van der Waals surface area contributed by atoms with E-state index in [1.54, 1.807) is 0 Å². The lowest BCUT2D eigenvalue weighted by Crippen LogP contribution is -2.16. The Morgan fingerprint density at radius 2 is 1.35 bits per heavy atom. The molecule has 2 nitrogen and oxygen atoms in total. The van der Waals surface area contributed by atoms with Crippen LogP contribution in [0.3, 0.4) is 0 Å². The summed E-state index contributed by atoms with van der Waals surface area (Å²) < 4.78 is 23.5. The first-order valence-corrected chi connectivity index (χ1v) is 10.0. The highest BCUT2D eigenvalue weighted by molar-refractivity contribution is 8.44. The minimum Gasteiger partial charge on any atom is -0.309 e. The Hall–Kier alpha value is -1.10.